The fraction of sp³-hybridized carbons (Fsp3) is 0.188. The molecule has 1 aliphatic rings. The zero-order valence-electron chi connectivity index (χ0n) is 11.2. The molecule has 0 bridgehead atoms. The van der Waals surface area contributed by atoms with Gasteiger partial charge in [0.15, 0.2) is 6.29 Å². The standard InChI is InChI=1S/C16H14FNO3/c17-13-5-1-11(2-6-13)15(19)18-14-7-3-12(4-8-14)16-20-9-10-21-16/h1-8,16H,9-10H2,(H,18,19). The number of hydrogen-bond donors (Lipinski definition) is 1. The van der Waals surface area contributed by atoms with E-state index in [0.717, 1.165) is 5.56 Å². The number of rotatable bonds is 3. The van der Waals surface area contributed by atoms with E-state index in [1.54, 1.807) is 12.1 Å². The molecule has 0 aliphatic carbocycles. The van der Waals surface area contributed by atoms with Crippen LogP contribution < -0.4 is 5.32 Å². The third-order valence-corrected chi connectivity index (χ3v) is 3.17. The summed E-state index contributed by atoms with van der Waals surface area (Å²) >= 11 is 0. The number of carbonyl (C=O) groups excluding carboxylic acids is 1. The molecule has 1 amide bonds. The van der Waals surface area contributed by atoms with Gasteiger partial charge in [-0.05, 0) is 36.4 Å². The lowest BCUT2D eigenvalue weighted by Gasteiger charge is -2.10. The van der Waals surface area contributed by atoms with E-state index < -0.39 is 0 Å². The number of benzene rings is 2. The lowest BCUT2D eigenvalue weighted by Crippen LogP contribution is -2.11. The fourth-order valence-corrected chi connectivity index (χ4v) is 2.08. The summed E-state index contributed by atoms with van der Waals surface area (Å²) in [6, 6.07) is 12.6. The van der Waals surface area contributed by atoms with Crippen LogP contribution in [0, 0.1) is 5.82 Å². The molecule has 1 heterocycles. The summed E-state index contributed by atoms with van der Waals surface area (Å²) in [4.78, 5) is 12.0. The van der Waals surface area contributed by atoms with E-state index >= 15 is 0 Å². The van der Waals surface area contributed by atoms with Gasteiger partial charge in [0, 0.05) is 16.8 Å². The molecule has 5 heteroatoms. The quantitative estimate of drug-likeness (QED) is 0.943. The number of anilines is 1. The number of hydrogen-bond acceptors (Lipinski definition) is 3. The molecule has 1 aliphatic heterocycles. The average Bonchev–Trinajstić information content (AvgIpc) is 3.03. The molecule has 4 nitrogen and oxygen atoms in total. The number of amides is 1. The predicted molar refractivity (Wildman–Crippen MR) is 75.4 cm³/mol. The highest BCUT2D eigenvalue weighted by atomic mass is 19.1. The van der Waals surface area contributed by atoms with Crippen molar-refractivity contribution in [3.8, 4) is 0 Å². The van der Waals surface area contributed by atoms with Gasteiger partial charge in [-0.1, -0.05) is 12.1 Å². The Morgan fingerprint density at radius 1 is 1.00 bits per heavy atom. The molecule has 1 saturated heterocycles. The maximum absolute atomic E-state index is 12.8. The van der Waals surface area contributed by atoms with Crippen molar-refractivity contribution in [2.24, 2.45) is 0 Å². The highest BCUT2D eigenvalue weighted by Crippen LogP contribution is 2.24. The number of nitrogens with one attached hydrogen (secondary N) is 1. The molecule has 21 heavy (non-hydrogen) atoms. The average molecular weight is 287 g/mol. The largest absolute Gasteiger partial charge is 0.346 e. The van der Waals surface area contributed by atoms with Crippen LogP contribution >= 0.6 is 0 Å². The molecule has 108 valence electrons. The third-order valence-electron chi connectivity index (χ3n) is 3.17. The van der Waals surface area contributed by atoms with Crippen molar-refractivity contribution in [1.29, 1.82) is 0 Å². The van der Waals surface area contributed by atoms with Crippen molar-refractivity contribution in [3.05, 3.63) is 65.5 Å². The van der Waals surface area contributed by atoms with Crippen LogP contribution in [0.5, 0.6) is 0 Å². The Labute approximate surface area is 121 Å². The molecular formula is C16H14FNO3. The minimum atomic E-state index is -0.368. The number of carbonyl (C=O) groups is 1. The number of halogens is 1. The van der Waals surface area contributed by atoms with Crippen LogP contribution in [0.25, 0.3) is 0 Å². The lowest BCUT2D eigenvalue weighted by molar-refractivity contribution is -0.0441. The van der Waals surface area contributed by atoms with Gasteiger partial charge >= 0.3 is 0 Å². The van der Waals surface area contributed by atoms with Gasteiger partial charge in [0.1, 0.15) is 5.82 Å². The van der Waals surface area contributed by atoms with E-state index in [1.165, 1.54) is 24.3 Å². The van der Waals surface area contributed by atoms with Crippen LogP contribution in [0.15, 0.2) is 48.5 Å². The van der Waals surface area contributed by atoms with Gasteiger partial charge in [0.2, 0.25) is 0 Å². The Balaban J connectivity index is 1.67. The minimum absolute atomic E-state index is 0.281. The molecule has 0 atom stereocenters. The second kappa shape index (κ2) is 6.03. The summed E-state index contributed by atoms with van der Waals surface area (Å²) in [6.07, 6.45) is -0.327. The first-order valence-corrected chi connectivity index (χ1v) is 6.62. The molecule has 1 fully saturated rings. The summed E-state index contributed by atoms with van der Waals surface area (Å²) in [6.45, 7) is 1.18. The number of ether oxygens (including phenoxy) is 2. The van der Waals surface area contributed by atoms with Crippen molar-refractivity contribution in [1.82, 2.24) is 0 Å². The maximum Gasteiger partial charge on any atom is 0.255 e. The summed E-state index contributed by atoms with van der Waals surface area (Å²) in [5, 5.41) is 2.75. The van der Waals surface area contributed by atoms with Gasteiger partial charge in [-0.25, -0.2) is 4.39 Å². The van der Waals surface area contributed by atoms with Crippen LogP contribution in [0.1, 0.15) is 22.2 Å². The summed E-state index contributed by atoms with van der Waals surface area (Å²) in [7, 11) is 0. The second-order valence-electron chi connectivity index (χ2n) is 4.66. The third kappa shape index (κ3) is 3.26. The van der Waals surface area contributed by atoms with E-state index in [1.807, 2.05) is 12.1 Å². The summed E-state index contributed by atoms with van der Waals surface area (Å²) in [5.41, 5.74) is 1.97. The molecule has 0 spiro atoms. The van der Waals surface area contributed by atoms with Crippen molar-refractivity contribution < 1.29 is 18.7 Å². The van der Waals surface area contributed by atoms with E-state index in [4.69, 9.17) is 9.47 Å². The molecule has 0 unspecified atom stereocenters. The van der Waals surface area contributed by atoms with Crippen molar-refractivity contribution >= 4 is 11.6 Å². The first-order chi connectivity index (χ1) is 10.2. The van der Waals surface area contributed by atoms with Crippen LogP contribution in [-0.2, 0) is 9.47 Å². The van der Waals surface area contributed by atoms with Gasteiger partial charge in [-0.2, -0.15) is 0 Å². The van der Waals surface area contributed by atoms with Crippen molar-refractivity contribution in [2.45, 2.75) is 6.29 Å². The van der Waals surface area contributed by atoms with Gasteiger partial charge in [0.05, 0.1) is 13.2 Å². The molecule has 0 radical (unpaired) electrons. The Bertz CT molecular complexity index is 619. The van der Waals surface area contributed by atoms with Gasteiger partial charge < -0.3 is 14.8 Å². The Morgan fingerprint density at radius 3 is 2.24 bits per heavy atom. The van der Waals surface area contributed by atoms with E-state index in [-0.39, 0.29) is 18.0 Å². The zero-order chi connectivity index (χ0) is 14.7. The Morgan fingerprint density at radius 2 is 1.62 bits per heavy atom. The van der Waals surface area contributed by atoms with Crippen LogP contribution in [0.2, 0.25) is 0 Å². The highest BCUT2D eigenvalue weighted by Gasteiger charge is 2.17. The van der Waals surface area contributed by atoms with E-state index in [9.17, 15) is 9.18 Å². The van der Waals surface area contributed by atoms with E-state index in [0.29, 0.717) is 24.5 Å². The smallest absolute Gasteiger partial charge is 0.255 e. The predicted octanol–water partition coefficient (Wildman–Crippen LogP) is 3.12. The van der Waals surface area contributed by atoms with Gasteiger partial charge in [-0.15, -0.1) is 0 Å². The monoisotopic (exact) mass is 287 g/mol. The SMILES string of the molecule is O=C(Nc1ccc(C2OCCO2)cc1)c1ccc(F)cc1. The topological polar surface area (TPSA) is 47.6 Å². The summed E-state index contributed by atoms with van der Waals surface area (Å²) < 4.78 is 23.6. The second-order valence-corrected chi connectivity index (χ2v) is 4.66. The van der Waals surface area contributed by atoms with Gasteiger partial charge in [-0.3, -0.25) is 4.79 Å². The summed E-state index contributed by atoms with van der Waals surface area (Å²) in [5.74, 6) is -0.649. The van der Waals surface area contributed by atoms with E-state index in [2.05, 4.69) is 5.32 Å². The molecule has 0 aromatic heterocycles. The molecule has 1 N–H and O–H groups in total. The fourth-order valence-electron chi connectivity index (χ4n) is 2.08. The Kier molecular flexibility index (Phi) is 3.94. The zero-order valence-corrected chi connectivity index (χ0v) is 11.2. The molecule has 2 aromatic carbocycles. The minimum Gasteiger partial charge on any atom is -0.346 e. The lowest BCUT2D eigenvalue weighted by atomic mass is 10.1. The normalized spacial score (nSPS) is 15.1. The van der Waals surface area contributed by atoms with Crippen molar-refractivity contribution in [2.75, 3.05) is 18.5 Å². The molecule has 3 rings (SSSR count). The van der Waals surface area contributed by atoms with Crippen LogP contribution in [0.4, 0.5) is 10.1 Å². The maximum atomic E-state index is 12.8. The Hall–Kier alpha value is -2.24. The molecular weight excluding hydrogens is 273 g/mol. The first kappa shape index (κ1) is 13.7. The highest BCUT2D eigenvalue weighted by molar-refractivity contribution is 6.04. The molecule has 0 saturated carbocycles. The first-order valence-electron chi connectivity index (χ1n) is 6.62. The van der Waals surface area contributed by atoms with Crippen molar-refractivity contribution in [3.63, 3.8) is 0 Å². The molecule has 2 aromatic rings. The van der Waals surface area contributed by atoms with Crippen LogP contribution in [0.3, 0.4) is 0 Å². The van der Waals surface area contributed by atoms with Gasteiger partial charge in [0.25, 0.3) is 5.91 Å². The van der Waals surface area contributed by atoms with Crippen LogP contribution in [-0.4, -0.2) is 19.1 Å².